The highest BCUT2D eigenvalue weighted by atomic mass is 32.2. The molecule has 6 rings (SSSR count). The lowest BCUT2D eigenvalue weighted by Gasteiger charge is -2.45. The Hall–Kier alpha value is -2.17. The fraction of sp³-hybridized carbons (Fsp3) is 0.636. The minimum atomic E-state index is -4.49. The molecule has 0 spiro atoms. The topological polar surface area (TPSA) is 145 Å². The van der Waals surface area contributed by atoms with Crippen molar-refractivity contribution in [2.24, 2.45) is 27.6 Å². The number of anilines is 1. The normalized spacial score (nSPS) is 31.1. The van der Waals surface area contributed by atoms with Gasteiger partial charge in [0.1, 0.15) is 21.2 Å². The zero-order valence-corrected chi connectivity index (χ0v) is 22.5. The van der Waals surface area contributed by atoms with Gasteiger partial charge in [0.05, 0.1) is 11.7 Å². The molecule has 38 heavy (non-hydrogen) atoms. The maximum absolute atomic E-state index is 13.9. The minimum absolute atomic E-state index is 0.0246. The molecule has 208 valence electrons. The lowest BCUT2D eigenvalue weighted by atomic mass is 9.77. The van der Waals surface area contributed by atoms with Crippen molar-refractivity contribution in [3.05, 3.63) is 22.3 Å². The van der Waals surface area contributed by atoms with Crippen molar-refractivity contribution < 1.29 is 39.9 Å². The average Bonchev–Trinajstić information content (AvgIpc) is 3.13. The quantitative estimate of drug-likeness (QED) is 0.459. The second-order valence-electron chi connectivity index (χ2n) is 10.9. The Morgan fingerprint density at radius 3 is 2.61 bits per heavy atom. The van der Waals surface area contributed by atoms with Gasteiger partial charge in [-0.25, -0.2) is 13.1 Å². The number of fused-ring (bicyclic) bond motifs is 6. The van der Waals surface area contributed by atoms with Crippen molar-refractivity contribution in [1.29, 1.82) is 0 Å². The number of amides is 1. The molecule has 0 unspecified atom stereocenters. The maximum atomic E-state index is 13.9. The molecular weight excluding hydrogens is 569 g/mol. The van der Waals surface area contributed by atoms with Crippen LogP contribution in [0.4, 0.5) is 18.2 Å². The highest BCUT2D eigenvalue weighted by Gasteiger charge is 2.66. The van der Waals surface area contributed by atoms with Gasteiger partial charge < -0.3 is 15.3 Å². The van der Waals surface area contributed by atoms with E-state index in [2.05, 4.69) is 14.4 Å². The fourth-order valence-electron chi connectivity index (χ4n) is 6.54. The van der Waals surface area contributed by atoms with Gasteiger partial charge in [0.2, 0.25) is 10.0 Å². The van der Waals surface area contributed by atoms with E-state index in [4.69, 9.17) is 0 Å². The number of carbonyl (C=O) groups is 1. The third-order valence-electron chi connectivity index (χ3n) is 8.49. The molecule has 1 aromatic rings. The first-order valence-corrected chi connectivity index (χ1v) is 16.3. The monoisotopic (exact) mass is 594 g/mol. The highest BCUT2D eigenvalue weighted by Crippen LogP contribution is 2.61. The Kier molecular flexibility index (Phi) is 5.61. The van der Waals surface area contributed by atoms with Gasteiger partial charge in [-0.3, -0.25) is 4.79 Å². The molecule has 10 nitrogen and oxygen atoms in total. The van der Waals surface area contributed by atoms with Crippen LogP contribution < -0.4 is 10.0 Å². The molecule has 5 aliphatic rings. The van der Waals surface area contributed by atoms with E-state index in [1.807, 2.05) is 0 Å². The van der Waals surface area contributed by atoms with Crippen molar-refractivity contribution >= 4 is 48.1 Å². The second kappa shape index (κ2) is 8.17. The molecule has 0 aromatic carbocycles. The lowest BCUT2D eigenvalue weighted by molar-refractivity contribution is -0.195. The Morgan fingerprint density at radius 1 is 1.29 bits per heavy atom. The van der Waals surface area contributed by atoms with E-state index in [9.17, 15) is 39.9 Å². The van der Waals surface area contributed by atoms with Gasteiger partial charge in [0, 0.05) is 30.6 Å². The van der Waals surface area contributed by atoms with E-state index >= 15 is 0 Å². The largest absolute Gasteiger partial charge is 0.511 e. The number of alkyl halides is 3. The number of nitrogens with one attached hydrogen (secondary N) is 2. The van der Waals surface area contributed by atoms with E-state index in [0.717, 1.165) is 30.4 Å². The number of hydrogen-bond acceptors (Lipinski definition) is 8. The van der Waals surface area contributed by atoms with E-state index in [-0.39, 0.29) is 52.4 Å². The van der Waals surface area contributed by atoms with E-state index in [0.29, 0.717) is 6.42 Å². The van der Waals surface area contributed by atoms with Crippen molar-refractivity contribution in [1.82, 2.24) is 9.62 Å². The summed E-state index contributed by atoms with van der Waals surface area (Å²) < 4.78 is 97.0. The van der Waals surface area contributed by atoms with Crippen LogP contribution in [0.15, 0.2) is 26.0 Å². The minimum Gasteiger partial charge on any atom is -0.511 e. The summed E-state index contributed by atoms with van der Waals surface area (Å²) in [7, 11) is -8.05. The Balaban J connectivity index is 1.39. The molecule has 4 atom stereocenters. The summed E-state index contributed by atoms with van der Waals surface area (Å²) in [6.07, 6.45) is -1.54. The number of rotatable bonds is 6. The predicted octanol–water partition coefficient (Wildman–Crippen LogP) is 2.72. The zero-order chi connectivity index (χ0) is 27.4. The van der Waals surface area contributed by atoms with Crippen LogP contribution in [0.3, 0.4) is 0 Å². The standard InChI is InChI=1S/C22H25F3N4O6S3/c1-37(32,33)26-7-12-8-36-19-17(12)38(34,35)28-18(27-19)14-16(30)13-10-2-3-11(6-10)15(13)29(20(14)31)9-21(4-5-21)22(23,24)25/h8,10-11,13,15,26,30H,2-7,9H2,1H3,(H,27,28)/t10-,11+,13+,15-/m0/s1. The summed E-state index contributed by atoms with van der Waals surface area (Å²) in [6.45, 7) is -0.842. The Labute approximate surface area is 221 Å². The van der Waals surface area contributed by atoms with Crippen molar-refractivity contribution in [2.75, 3.05) is 18.1 Å². The third-order valence-corrected chi connectivity index (χ3v) is 11.6. The zero-order valence-electron chi connectivity index (χ0n) is 20.1. The molecule has 0 radical (unpaired) electrons. The van der Waals surface area contributed by atoms with Crippen LogP contribution in [0.5, 0.6) is 0 Å². The molecule has 3 saturated carbocycles. The van der Waals surface area contributed by atoms with E-state index in [1.54, 1.807) is 0 Å². The molecule has 3 aliphatic carbocycles. The first kappa shape index (κ1) is 26.1. The van der Waals surface area contributed by atoms with Crippen LogP contribution in [0.2, 0.25) is 0 Å². The Morgan fingerprint density at radius 2 is 1.97 bits per heavy atom. The molecule has 16 heteroatoms. The van der Waals surface area contributed by atoms with Gasteiger partial charge >= 0.3 is 6.18 Å². The van der Waals surface area contributed by atoms with Gasteiger partial charge in [-0.1, -0.05) is 0 Å². The van der Waals surface area contributed by atoms with Gasteiger partial charge in [-0.2, -0.15) is 21.6 Å². The summed E-state index contributed by atoms with van der Waals surface area (Å²) in [5.74, 6) is -2.28. The molecule has 1 aromatic heterocycles. The van der Waals surface area contributed by atoms with Gasteiger partial charge in [0.25, 0.3) is 15.9 Å². The first-order chi connectivity index (χ1) is 17.6. The van der Waals surface area contributed by atoms with Crippen LogP contribution >= 0.6 is 11.3 Å². The Bertz CT molecular complexity index is 1510. The van der Waals surface area contributed by atoms with Crippen LogP contribution in [0.25, 0.3) is 0 Å². The molecule has 3 heterocycles. The van der Waals surface area contributed by atoms with Gasteiger partial charge in [-0.05, 0) is 49.3 Å². The smallest absolute Gasteiger partial charge is 0.396 e. The molecule has 3 fully saturated rings. The number of hydrogen-bond donors (Lipinski definition) is 3. The number of sulfonamides is 2. The summed E-state index contributed by atoms with van der Waals surface area (Å²) >= 11 is 0.947. The predicted molar refractivity (Wildman–Crippen MR) is 131 cm³/mol. The van der Waals surface area contributed by atoms with E-state index in [1.165, 1.54) is 10.3 Å². The number of nitrogens with zero attached hydrogens (tertiary/aromatic N) is 2. The summed E-state index contributed by atoms with van der Waals surface area (Å²) in [5, 5.41) is 15.6. The third kappa shape index (κ3) is 3.97. The summed E-state index contributed by atoms with van der Waals surface area (Å²) in [4.78, 5) is 14.7. The molecule has 1 amide bonds. The van der Waals surface area contributed by atoms with Crippen molar-refractivity contribution in [3.63, 3.8) is 0 Å². The van der Waals surface area contributed by atoms with Crippen molar-refractivity contribution in [3.8, 4) is 0 Å². The molecule has 3 N–H and O–H groups in total. The average molecular weight is 595 g/mol. The van der Waals surface area contributed by atoms with E-state index < -0.39 is 67.5 Å². The highest BCUT2D eigenvalue weighted by molar-refractivity contribution is 7.91. The molecule has 0 saturated heterocycles. The maximum Gasteiger partial charge on any atom is 0.396 e. The fourth-order valence-corrected chi connectivity index (χ4v) is 9.57. The number of carbonyl (C=O) groups excluding carboxylic acids is 1. The first-order valence-electron chi connectivity index (χ1n) is 12.1. The molecule has 2 bridgehead atoms. The number of aliphatic hydroxyl groups excluding tert-OH is 1. The van der Waals surface area contributed by atoms with Crippen LogP contribution in [0.1, 0.15) is 37.7 Å². The van der Waals surface area contributed by atoms with Gasteiger partial charge in [-0.15, -0.1) is 15.7 Å². The lowest BCUT2D eigenvalue weighted by Crippen LogP contribution is -2.57. The van der Waals surface area contributed by atoms with Gasteiger partial charge in [0.15, 0.2) is 5.84 Å². The summed E-state index contributed by atoms with van der Waals surface area (Å²) in [5.41, 5.74) is -2.27. The number of amidine groups is 1. The molecular formula is C22H25F3N4O6S3. The number of halogens is 3. The SMILES string of the molecule is CS(=O)(=O)NCc1csc2c1S(=O)(=O)N=C(C1=C(O)[C@@H]3[C@H]4CC[C@H](C4)[C@@H]3N(CC3(C(F)(F)F)CC3)C1=O)N2. The number of aliphatic hydroxyl groups is 1. The van der Waals surface area contributed by atoms with Crippen LogP contribution in [0, 0.1) is 23.2 Å². The van der Waals surface area contributed by atoms with Crippen LogP contribution in [-0.2, 0) is 31.4 Å². The molecule has 2 aliphatic heterocycles. The van der Waals surface area contributed by atoms with Crippen LogP contribution in [-0.4, -0.2) is 63.6 Å². The number of thiophene rings is 1. The van der Waals surface area contributed by atoms with Crippen molar-refractivity contribution in [2.45, 2.75) is 55.8 Å². The summed E-state index contributed by atoms with van der Waals surface area (Å²) in [6, 6.07) is -0.573. The second-order valence-corrected chi connectivity index (χ2v) is 15.1.